The van der Waals surface area contributed by atoms with Crippen molar-refractivity contribution in [2.45, 2.75) is 19.8 Å². The van der Waals surface area contributed by atoms with E-state index in [1.165, 1.54) is 6.21 Å². The smallest absolute Gasteiger partial charge is 0.254 e. The van der Waals surface area contributed by atoms with Crippen LogP contribution in [-0.2, 0) is 9.59 Å². The zero-order valence-electron chi connectivity index (χ0n) is 15.4. The summed E-state index contributed by atoms with van der Waals surface area (Å²) >= 11 is 0. The number of amides is 2. The molecule has 0 N–H and O–H groups in total. The fourth-order valence-electron chi connectivity index (χ4n) is 5.34. The molecule has 27 heavy (non-hydrogen) atoms. The van der Waals surface area contributed by atoms with E-state index in [2.05, 4.69) is 17.3 Å². The molecule has 2 amide bonds. The maximum atomic E-state index is 12.9. The number of allylic oxidation sites excluding steroid dienone is 2. The van der Waals surface area contributed by atoms with Crippen LogP contribution in [0.4, 0.5) is 0 Å². The third-order valence-corrected chi connectivity index (χ3v) is 6.64. The number of nitrogens with zero attached hydrogens (tertiary/aromatic N) is 2. The molecule has 6 heteroatoms. The van der Waals surface area contributed by atoms with Crippen molar-refractivity contribution < 1.29 is 19.1 Å². The lowest BCUT2D eigenvalue weighted by Crippen LogP contribution is -2.30. The third kappa shape index (κ3) is 2.16. The van der Waals surface area contributed by atoms with Gasteiger partial charge in [-0.1, -0.05) is 12.2 Å². The Morgan fingerprint density at radius 3 is 2.37 bits per heavy atom. The van der Waals surface area contributed by atoms with Crippen LogP contribution in [0.15, 0.2) is 35.5 Å². The van der Waals surface area contributed by atoms with Crippen LogP contribution < -0.4 is 9.47 Å². The van der Waals surface area contributed by atoms with Crippen LogP contribution in [-0.4, -0.2) is 36.8 Å². The summed E-state index contributed by atoms with van der Waals surface area (Å²) in [6, 6.07) is 5.41. The van der Waals surface area contributed by atoms with E-state index in [4.69, 9.17) is 9.47 Å². The average Bonchev–Trinajstić information content (AvgIpc) is 3.28. The van der Waals surface area contributed by atoms with Crippen molar-refractivity contribution in [2.75, 3.05) is 13.7 Å². The highest BCUT2D eigenvalue weighted by Gasteiger charge is 2.73. The van der Waals surface area contributed by atoms with E-state index >= 15 is 0 Å². The molecule has 1 heterocycles. The normalized spacial score (nSPS) is 32.0. The quantitative estimate of drug-likeness (QED) is 0.456. The van der Waals surface area contributed by atoms with E-state index in [1.807, 2.05) is 13.0 Å². The highest BCUT2D eigenvalue weighted by atomic mass is 16.5. The van der Waals surface area contributed by atoms with Crippen molar-refractivity contribution >= 4 is 18.0 Å². The van der Waals surface area contributed by atoms with Crippen molar-refractivity contribution in [3.63, 3.8) is 0 Å². The number of benzene rings is 1. The van der Waals surface area contributed by atoms with Crippen molar-refractivity contribution in [1.82, 2.24) is 5.01 Å². The summed E-state index contributed by atoms with van der Waals surface area (Å²) in [6.07, 6.45) is 8.14. The summed E-state index contributed by atoms with van der Waals surface area (Å²) in [5, 5.41) is 5.32. The minimum Gasteiger partial charge on any atom is -0.493 e. The van der Waals surface area contributed by atoms with Crippen LogP contribution in [0, 0.1) is 29.1 Å². The second-order valence-corrected chi connectivity index (χ2v) is 7.80. The Balaban J connectivity index is 1.38. The van der Waals surface area contributed by atoms with Gasteiger partial charge in [0.05, 0.1) is 31.8 Å². The number of carbonyl (C=O) groups is 2. The summed E-state index contributed by atoms with van der Waals surface area (Å²) in [7, 11) is 1.57. The molecule has 4 unspecified atom stereocenters. The van der Waals surface area contributed by atoms with Crippen LogP contribution >= 0.6 is 0 Å². The summed E-state index contributed by atoms with van der Waals surface area (Å²) in [5.74, 6) is 0.935. The Hall–Kier alpha value is -2.63. The van der Waals surface area contributed by atoms with Crippen LogP contribution in [0.3, 0.4) is 0 Å². The molecule has 4 atom stereocenters. The highest BCUT2D eigenvalue weighted by Crippen LogP contribution is 2.73. The molecule has 2 saturated carbocycles. The Morgan fingerprint density at radius 2 is 1.81 bits per heavy atom. The number of methoxy groups -OCH3 is 1. The molecule has 1 saturated heterocycles. The van der Waals surface area contributed by atoms with Gasteiger partial charge in [-0.05, 0) is 60.8 Å². The average molecular weight is 366 g/mol. The second-order valence-electron chi connectivity index (χ2n) is 7.80. The molecule has 6 nitrogen and oxygen atoms in total. The molecule has 4 aliphatic rings. The summed E-state index contributed by atoms with van der Waals surface area (Å²) < 4.78 is 10.8. The van der Waals surface area contributed by atoms with Crippen molar-refractivity contribution in [1.29, 1.82) is 0 Å². The lowest BCUT2D eigenvalue weighted by molar-refractivity contribution is -0.141. The van der Waals surface area contributed by atoms with Gasteiger partial charge in [0, 0.05) is 0 Å². The van der Waals surface area contributed by atoms with Crippen LogP contribution in [0.1, 0.15) is 25.3 Å². The third-order valence-electron chi connectivity index (χ3n) is 6.64. The fourth-order valence-corrected chi connectivity index (χ4v) is 5.34. The van der Waals surface area contributed by atoms with Gasteiger partial charge in [0.25, 0.3) is 11.8 Å². The first-order valence-corrected chi connectivity index (χ1v) is 9.51. The zero-order valence-corrected chi connectivity index (χ0v) is 15.4. The number of carbonyl (C=O) groups excluding carboxylic acids is 2. The first kappa shape index (κ1) is 16.5. The van der Waals surface area contributed by atoms with Gasteiger partial charge in [0.1, 0.15) is 0 Å². The number of hydrogen-bond acceptors (Lipinski definition) is 5. The van der Waals surface area contributed by atoms with Crippen molar-refractivity contribution in [3.05, 3.63) is 35.9 Å². The number of rotatable bonds is 5. The number of fused-ring (bicyclic) bond motifs is 3. The predicted molar refractivity (Wildman–Crippen MR) is 98.4 cm³/mol. The predicted octanol–water partition coefficient (Wildman–Crippen LogP) is 2.63. The van der Waals surface area contributed by atoms with E-state index in [0.717, 1.165) is 23.4 Å². The molecule has 1 spiro atoms. The van der Waals surface area contributed by atoms with E-state index in [9.17, 15) is 9.59 Å². The van der Waals surface area contributed by atoms with E-state index in [1.54, 1.807) is 19.2 Å². The van der Waals surface area contributed by atoms with Crippen LogP contribution in [0.25, 0.3) is 0 Å². The summed E-state index contributed by atoms with van der Waals surface area (Å²) in [5.41, 5.74) is 0.951. The van der Waals surface area contributed by atoms with Gasteiger partial charge >= 0.3 is 0 Å². The van der Waals surface area contributed by atoms with E-state index in [0.29, 0.717) is 18.1 Å². The Bertz CT molecular complexity index is 852. The molecular weight excluding hydrogens is 344 g/mol. The number of hydrazone groups is 1. The summed E-state index contributed by atoms with van der Waals surface area (Å²) in [6.45, 7) is 2.45. The molecule has 1 aromatic rings. The first-order chi connectivity index (χ1) is 13.1. The first-order valence-electron chi connectivity index (χ1n) is 9.51. The largest absolute Gasteiger partial charge is 0.493 e. The van der Waals surface area contributed by atoms with Gasteiger partial charge in [-0.2, -0.15) is 10.1 Å². The molecular formula is C21H22N2O4. The van der Waals surface area contributed by atoms with Gasteiger partial charge < -0.3 is 9.47 Å². The maximum absolute atomic E-state index is 12.9. The van der Waals surface area contributed by atoms with Gasteiger partial charge in [0.15, 0.2) is 11.5 Å². The lowest BCUT2D eigenvalue weighted by Gasteiger charge is -2.18. The molecule has 0 aromatic heterocycles. The number of ether oxygens (including phenoxy) is 2. The number of hydrogen-bond donors (Lipinski definition) is 0. The standard InChI is InChI=1S/C21H22N2O4/c1-3-27-15-7-4-12(10-16(15)26-2)11-22-23-19(24)17-13-5-6-14(18(17)20(23)25)21(13)8-9-21/h4-7,10-11,13-14,17-18H,3,8-9H2,1-2H3/b22-11+. The van der Waals surface area contributed by atoms with Gasteiger partial charge in [-0.15, -0.1) is 0 Å². The molecule has 2 bridgehead atoms. The van der Waals surface area contributed by atoms with E-state index < -0.39 is 0 Å². The van der Waals surface area contributed by atoms with Crippen molar-refractivity contribution in [3.8, 4) is 11.5 Å². The van der Waals surface area contributed by atoms with Crippen molar-refractivity contribution in [2.24, 2.45) is 34.2 Å². The van der Waals surface area contributed by atoms with Crippen LogP contribution in [0.5, 0.6) is 11.5 Å². The van der Waals surface area contributed by atoms with E-state index in [-0.39, 0.29) is 40.9 Å². The minimum absolute atomic E-state index is 0.151. The SMILES string of the molecule is CCOc1ccc(/C=N/N2C(=O)C3C(C2=O)C2C=CC3C23CC3)cc1OC. The molecule has 1 aromatic carbocycles. The monoisotopic (exact) mass is 366 g/mol. The number of imide groups is 1. The molecule has 0 radical (unpaired) electrons. The Labute approximate surface area is 157 Å². The second kappa shape index (κ2) is 5.68. The molecule has 1 aliphatic heterocycles. The highest BCUT2D eigenvalue weighted by molar-refractivity contribution is 6.07. The molecule has 140 valence electrons. The molecule has 3 fully saturated rings. The topological polar surface area (TPSA) is 68.2 Å². The Morgan fingerprint density at radius 1 is 1.15 bits per heavy atom. The molecule has 3 aliphatic carbocycles. The van der Waals surface area contributed by atoms with Gasteiger partial charge in [0.2, 0.25) is 0 Å². The summed E-state index contributed by atoms with van der Waals surface area (Å²) in [4.78, 5) is 25.8. The van der Waals surface area contributed by atoms with Crippen LogP contribution in [0.2, 0.25) is 0 Å². The molecule has 5 rings (SSSR count). The van der Waals surface area contributed by atoms with Gasteiger partial charge in [-0.25, -0.2) is 0 Å². The van der Waals surface area contributed by atoms with Gasteiger partial charge in [-0.3, -0.25) is 9.59 Å². The lowest BCUT2D eigenvalue weighted by atomic mass is 9.85. The maximum Gasteiger partial charge on any atom is 0.254 e. The fraction of sp³-hybridized carbons (Fsp3) is 0.476. The Kier molecular flexibility index (Phi) is 3.48. The zero-order chi connectivity index (χ0) is 18.8. The minimum atomic E-state index is -0.220.